The van der Waals surface area contributed by atoms with Gasteiger partial charge in [-0.15, -0.1) is 0 Å². The lowest BCUT2D eigenvalue weighted by Crippen LogP contribution is -2.21. The molecule has 0 spiro atoms. The smallest absolute Gasteiger partial charge is 0.333 e. The Morgan fingerprint density at radius 3 is 2.93 bits per heavy atom. The van der Waals surface area contributed by atoms with E-state index < -0.39 is 0 Å². The van der Waals surface area contributed by atoms with Crippen molar-refractivity contribution in [2.75, 3.05) is 13.2 Å². The van der Waals surface area contributed by atoms with E-state index in [1.807, 2.05) is 0 Å². The first kappa shape index (κ1) is 12.2. The van der Waals surface area contributed by atoms with Crippen LogP contribution in [0, 0.1) is 0 Å². The van der Waals surface area contributed by atoms with E-state index in [1.165, 1.54) is 0 Å². The van der Waals surface area contributed by atoms with Gasteiger partial charge in [0.1, 0.15) is 12.7 Å². The Balaban J connectivity index is 2.19. The fourth-order valence-corrected chi connectivity index (χ4v) is 1.27. The Labute approximate surface area is 90.2 Å². The van der Waals surface area contributed by atoms with Crippen LogP contribution in [0.4, 0.5) is 0 Å². The van der Waals surface area contributed by atoms with Crippen LogP contribution >= 0.6 is 0 Å². The fourth-order valence-electron chi connectivity index (χ4n) is 1.27. The van der Waals surface area contributed by atoms with E-state index in [0.29, 0.717) is 12.2 Å². The van der Waals surface area contributed by atoms with E-state index >= 15 is 0 Å². The van der Waals surface area contributed by atoms with Crippen LogP contribution in [0.25, 0.3) is 0 Å². The minimum atomic E-state index is -0.377. The molecule has 0 amide bonds. The fraction of sp³-hybridized carbons (Fsp3) is 0.727. The van der Waals surface area contributed by atoms with Crippen molar-refractivity contribution < 1.29 is 19.0 Å². The Kier molecular flexibility index (Phi) is 4.78. The van der Waals surface area contributed by atoms with Gasteiger partial charge in [-0.05, 0) is 13.3 Å². The zero-order chi connectivity index (χ0) is 11.3. The molecular weight excluding hydrogens is 196 g/mol. The third-order valence-electron chi connectivity index (χ3n) is 2.09. The minimum absolute atomic E-state index is 0.134. The summed E-state index contributed by atoms with van der Waals surface area (Å²) < 4.78 is 15.8. The van der Waals surface area contributed by atoms with Gasteiger partial charge in [-0.1, -0.05) is 19.9 Å². The third-order valence-corrected chi connectivity index (χ3v) is 2.09. The van der Waals surface area contributed by atoms with Crippen molar-refractivity contribution >= 4 is 5.97 Å². The lowest BCUT2D eigenvalue weighted by molar-refractivity contribution is -0.143. The summed E-state index contributed by atoms with van der Waals surface area (Å²) in [5, 5.41) is 0. The minimum Gasteiger partial charge on any atom is -0.459 e. The summed E-state index contributed by atoms with van der Waals surface area (Å²) in [6.45, 7) is 7.92. The second-order valence-electron chi connectivity index (χ2n) is 3.69. The Morgan fingerprint density at radius 1 is 1.60 bits per heavy atom. The maximum atomic E-state index is 11.1. The Bertz CT molecular complexity index is 237. The van der Waals surface area contributed by atoms with Crippen molar-refractivity contribution in [3.05, 3.63) is 12.2 Å². The first-order valence-electron chi connectivity index (χ1n) is 5.23. The molecule has 0 bridgehead atoms. The quantitative estimate of drug-likeness (QED) is 0.515. The first-order chi connectivity index (χ1) is 7.13. The van der Waals surface area contributed by atoms with Crippen LogP contribution in [-0.4, -0.2) is 31.6 Å². The molecule has 1 saturated heterocycles. The molecule has 86 valence electrons. The summed E-state index contributed by atoms with van der Waals surface area (Å²) in [5.41, 5.74) is 0.402. The van der Waals surface area contributed by atoms with Gasteiger partial charge in [-0.3, -0.25) is 0 Å². The van der Waals surface area contributed by atoms with Crippen molar-refractivity contribution in [3.8, 4) is 0 Å². The van der Waals surface area contributed by atoms with Crippen LogP contribution in [0.3, 0.4) is 0 Å². The van der Waals surface area contributed by atoms with Crippen LogP contribution in [0.15, 0.2) is 12.2 Å². The van der Waals surface area contributed by atoms with Gasteiger partial charge in [0.15, 0.2) is 6.29 Å². The topological polar surface area (TPSA) is 44.8 Å². The van der Waals surface area contributed by atoms with Gasteiger partial charge in [0.05, 0.1) is 6.61 Å². The molecule has 0 radical (unpaired) electrons. The van der Waals surface area contributed by atoms with Crippen molar-refractivity contribution in [1.29, 1.82) is 0 Å². The van der Waals surface area contributed by atoms with Gasteiger partial charge >= 0.3 is 5.97 Å². The standard InChI is InChI=1S/C11H18O4/c1-4-5-10-13-6-9(15-10)7-14-11(12)8(2)3/h9-10H,2,4-7H2,1,3H3. The van der Waals surface area contributed by atoms with Gasteiger partial charge in [-0.2, -0.15) is 0 Å². The van der Waals surface area contributed by atoms with Gasteiger partial charge in [-0.25, -0.2) is 4.79 Å². The van der Waals surface area contributed by atoms with Gasteiger partial charge in [0.25, 0.3) is 0 Å². The van der Waals surface area contributed by atoms with E-state index in [9.17, 15) is 4.79 Å². The van der Waals surface area contributed by atoms with Crippen molar-refractivity contribution in [1.82, 2.24) is 0 Å². The summed E-state index contributed by atoms with van der Waals surface area (Å²) in [4.78, 5) is 11.1. The average Bonchev–Trinajstić information content (AvgIpc) is 2.62. The molecule has 1 aliphatic rings. The Hall–Kier alpha value is -0.870. The van der Waals surface area contributed by atoms with E-state index in [4.69, 9.17) is 14.2 Å². The molecule has 2 unspecified atom stereocenters. The zero-order valence-electron chi connectivity index (χ0n) is 9.32. The monoisotopic (exact) mass is 214 g/mol. The SMILES string of the molecule is C=C(C)C(=O)OCC1COC(CCC)O1. The number of carbonyl (C=O) groups is 1. The zero-order valence-corrected chi connectivity index (χ0v) is 9.32. The Morgan fingerprint density at radius 2 is 2.33 bits per heavy atom. The van der Waals surface area contributed by atoms with Crippen LogP contribution in [0.1, 0.15) is 26.7 Å². The second-order valence-corrected chi connectivity index (χ2v) is 3.69. The summed E-state index contributed by atoms with van der Waals surface area (Å²) in [6, 6.07) is 0. The summed E-state index contributed by atoms with van der Waals surface area (Å²) in [7, 11) is 0. The highest BCUT2D eigenvalue weighted by Gasteiger charge is 2.26. The molecule has 1 rings (SSSR count). The average molecular weight is 214 g/mol. The molecule has 4 heteroatoms. The predicted octanol–water partition coefficient (Wildman–Crippen LogP) is 1.65. The molecule has 0 saturated carbocycles. The molecule has 1 aliphatic heterocycles. The number of hydrogen-bond acceptors (Lipinski definition) is 4. The lowest BCUT2D eigenvalue weighted by Gasteiger charge is -2.10. The molecule has 0 aliphatic carbocycles. The molecule has 1 fully saturated rings. The number of hydrogen-bond donors (Lipinski definition) is 0. The highest BCUT2D eigenvalue weighted by molar-refractivity contribution is 5.86. The molecular formula is C11H18O4. The number of carbonyl (C=O) groups excluding carboxylic acids is 1. The normalized spacial score (nSPS) is 25.2. The molecule has 1 heterocycles. The van der Waals surface area contributed by atoms with Crippen molar-refractivity contribution in [2.45, 2.75) is 39.1 Å². The summed E-state index contributed by atoms with van der Waals surface area (Å²) in [6.07, 6.45) is 1.63. The van der Waals surface area contributed by atoms with E-state index in [2.05, 4.69) is 13.5 Å². The molecule has 2 atom stereocenters. The second kappa shape index (κ2) is 5.88. The molecule has 0 N–H and O–H groups in total. The van der Waals surface area contributed by atoms with Crippen LogP contribution in [0.2, 0.25) is 0 Å². The lowest BCUT2D eigenvalue weighted by atomic mass is 10.3. The summed E-state index contributed by atoms with van der Waals surface area (Å²) >= 11 is 0. The van der Waals surface area contributed by atoms with E-state index in [1.54, 1.807) is 6.92 Å². The van der Waals surface area contributed by atoms with E-state index in [0.717, 1.165) is 12.8 Å². The maximum Gasteiger partial charge on any atom is 0.333 e. The largest absolute Gasteiger partial charge is 0.459 e. The maximum absolute atomic E-state index is 11.1. The van der Waals surface area contributed by atoms with Crippen LogP contribution in [0.5, 0.6) is 0 Å². The van der Waals surface area contributed by atoms with E-state index in [-0.39, 0.29) is 25.0 Å². The third kappa shape index (κ3) is 4.01. The van der Waals surface area contributed by atoms with Gasteiger partial charge < -0.3 is 14.2 Å². The van der Waals surface area contributed by atoms with Crippen LogP contribution < -0.4 is 0 Å². The number of ether oxygens (including phenoxy) is 3. The molecule has 0 aromatic carbocycles. The number of esters is 1. The van der Waals surface area contributed by atoms with Gasteiger partial charge in [0.2, 0.25) is 0 Å². The predicted molar refractivity (Wildman–Crippen MR) is 55.3 cm³/mol. The molecule has 4 nitrogen and oxygen atoms in total. The first-order valence-corrected chi connectivity index (χ1v) is 5.23. The number of rotatable bonds is 5. The van der Waals surface area contributed by atoms with Crippen molar-refractivity contribution in [2.24, 2.45) is 0 Å². The molecule has 15 heavy (non-hydrogen) atoms. The van der Waals surface area contributed by atoms with Gasteiger partial charge in [0, 0.05) is 5.57 Å². The molecule has 0 aromatic heterocycles. The van der Waals surface area contributed by atoms with Crippen molar-refractivity contribution in [3.63, 3.8) is 0 Å². The highest BCUT2D eigenvalue weighted by Crippen LogP contribution is 2.16. The summed E-state index contributed by atoms with van der Waals surface area (Å²) in [5.74, 6) is -0.377. The molecule has 0 aromatic rings. The van der Waals surface area contributed by atoms with Crippen LogP contribution in [-0.2, 0) is 19.0 Å². The highest BCUT2D eigenvalue weighted by atomic mass is 16.7.